The van der Waals surface area contributed by atoms with E-state index in [4.69, 9.17) is 22.1 Å². The maximum atomic E-state index is 11.9. The normalized spacial score (nSPS) is 19.5. The summed E-state index contributed by atoms with van der Waals surface area (Å²) in [5.41, 5.74) is 6.79. The number of halogens is 2. The fourth-order valence-electron chi connectivity index (χ4n) is 2.94. The standard InChI is InChI=1S/C17H17BrClN5O3/c18-15-10(7-25)3-11(4-13(15)19)22-17-12(16(21)26)6-24(23-17)14-8-27-2-1-9(14)5-20/h3-4,6,9,14,25H,1-2,7-8H2,(H2,21,26)(H,22,23)/t9-,14?/m1/s1. The number of rotatable bonds is 5. The second-order valence-corrected chi connectivity index (χ2v) is 7.32. The van der Waals surface area contributed by atoms with E-state index >= 15 is 0 Å². The highest BCUT2D eigenvalue weighted by Gasteiger charge is 2.29. The van der Waals surface area contributed by atoms with E-state index in [0.29, 0.717) is 40.4 Å². The van der Waals surface area contributed by atoms with Gasteiger partial charge in [0, 0.05) is 23.0 Å². The number of aliphatic hydroxyl groups is 1. The van der Waals surface area contributed by atoms with Gasteiger partial charge in [-0.25, -0.2) is 0 Å². The highest BCUT2D eigenvalue weighted by molar-refractivity contribution is 9.10. The van der Waals surface area contributed by atoms with Gasteiger partial charge in [-0.05, 0) is 40.0 Å². The molecule has 2 heterocycles. The van der Waals surface area contributed by atoms with Crippen molar-refractivity contribution in [3.63, 3.8) is 0 Å². The Labute approximate surface area is 169 Å². The summed E-state index contributed by atoms with van der Waals surface area (Å²) in [4.78, 5) is 11.9. The quantitative estimate of drug-likeness (QED) is 0.637. The van der Waals surface area contributed by atoms with Gasteiger partial charge < -0.3 is 20.9 Å². The van der Waals surface area contributed by atoms with Crippen LogP contribution in [0.25, 0.3) is 0 Å². The first-order chi connectivity index (χ1) is 12.9. The third kappa shape index (κ3) is 4.09. The van der Waals surface area contributed by atoms with Crippen molar-refractivity contribution in [2.75, 3.05) is 18.5 Å². The molecule has 142 valence electrons. The zero-order valence-electron chi connectivity index (χ0n) is 14.2. The maximum absolute atomic E-state index is 11.9. The van der Waals surface area contributed by atoms with Crippen LogP contribution in [0.1, 0.15) is 28.4 Å². The number of nitriles is 1. The molecule has 1 amide bonds. The third-order valence-electron chi connectivity index (χ3n) is 4.37. The molecule has 1 saturated heterocycles. The summed E-state index contributed by atoms with van der Waals surface area (Å²) in [7, 11) is 0. The van der Waals surface area contributed by atoms with Crippen LogP contribution in [0.15, 0.2) is 22.8 Å². The summed E-state index contributed by atoms with van der Waals surface area (Å²) in [6, 6.07) is 5.27. The number of nitrogens with zero attached hydrogens (tertiary/aromatic N) is 3. The number of hydrogen-bond donors (Lipinski definition) is 3. The molecule has 0 aliphatic carbocycles. The lowest BCUT2D eigenvalue weighted by atomic mass is 9.97. The number of anilines is 2. The fourth-order valence-corrected chi connectivity index (χ4v) is 3.53. The van der Waals surface area contributed by atoms with E-state index in [9.17, 15) is 15.2 Å². The highest BCUT2D eigenvalue weighted by Crippen LogP contribution is 2.33. The largest absolute Gasteiger partial charge is 0.392 e. The molecule has 0 bridgehead atoms. The summed E-state index contributed by atoms with van der Waals surface area (Å²) in [6.45, 7) is 0.637. The van der Waals surface area contributed by atoms with Crippen LogP contribution in [0.3, 0.4) is 0 Å². The first-order valence-corrected chi connectivity index (χ1v) is 9.33. The lowest BCUT2D eigenvalue weighted by molar-refractivity contribution is 0.0342. The Balaban J connectivity index is 1.96. The van der Waals surface area contributed by atoms with E-state index in [1.54, 1.807) is 16.8 Å². The fraction of sp³-hybridized carbons (Fsp3) is 0.353. The molecular weight excluding hydrogens is 438 g/mol. The predicted octanol–water partition coefficient (Wildman–Crippen LogP) is 2.73. The number of hydrogen-bond acceptors (Lipinski definition) is 6. The first-order valence-electron chi connectivity index (χ1n) is 8.16. The zero-order valence-corrected chi connectivity index (χ0v) is 16.5. The smallest absolute Gasteiger partial charge is 0.254 e. The molecule has 27 heavy (non-hydrogen) atoms. The van der Waals surface area contributed by atoms with Crippen LogP contribution in [-0.4, -0.2) is 34.0 Å². The van der Waals surface area contributed by atoms with Crippen molar-refractivity contribution < 1.29 is 14.6 Å². The van der Waals surface area contributed by atoms with Gasteiger partial charge in [-0.1, -0.05) is 11.6 Å². The summed E-state index contributed by atoms with van der Waals surface area (Å²) in [6.07, 6.45) is 2.11. The molecular formula is C17H17BrClN5O3. The van der Waals surface area contributed by atoms with Gasteiger partial charge in [0.05, 0.1) is 36.3 Å². The summed E-state index contributed by atoms with van der Waals surface area (Å²) in [5, 5.41) is 26.6. The van der Waals surface area contributed by atoms with Gasteiger partial charge in [0.2, 0.25) is 0 Å². The van der Waals surface area contributed by atoms with E-state index in [-0.39, 0.29) is 29.9 Å². The molecule has 1 fully saturated rings. The number of nitrogens with two attached hydrogens (primary N) is 1. The minimum Gasteiger partial charge on any atom is -0.392 e. The van der Waals surface area contributed by atoms with Crippen LogP contribution in [0.4, 0.5) is 11.5 Å². The topological polar surface area (TPSA) is 126 Å². The second kappa shape index (κ2) is 8.27. The Hall–Kier alpha value is -2.12. The molecule has 2 aromatic rings. The van der Waals surface area contributed by atoms with E-state index < -0.39 is 5.91 Å². The van der Waals surface area contributed by atoms with Crippen molar-refractivity contribution in [1.82, 2.24) is 9.78 Å². The van der Waals surface area contributed by atoms with E-state index in [1.165, 1.54) is 6.20 Å². The van der Waals surface area contributed by atoms with Gasteiger partial charge in [0.15, 0.2) is 5.82 Å². The second-order valence-electron chi connectivity index (χ2n) is 6.12. The lowest BCUT2D eigenvalue weighted by Crippen LogP contribution is -2.29. The molecule has 2 atom stereocenters. The van der Waals surface area contributed by atoms with Gasteiger partial charge in [-0.2, -0.15) is 10.4 Å². The Morgan fingerprint density at radius 2 is 2.37 bits per heavy atom. The van der Waals surface area contributed by atoms with Gasteiger partial charge in [0.25, 0.3) is 5.91 Å². The molecule has 3 rings (SSSR count). The average Bonchev–Trinajstić information content (AvgIpc) is 3.08. The minimum absolute atomic E-state index is 0.182. The van der Waals surface area contributed by atoms with E-state index in [0.717, 1.165) is 0 Å². The lowest BCUT2D eigenvalue weighted by Gasteiger charge is -2.26. The van der Waals surface area contributed by atoms with Crippen LogP contribution >= 0.6 is 27.5 Å². The number of benzene rings is 1. The molecule has 8 nitrogen and oxygen atoms in total. The molecule has 0 radical (unpaired) electrons. The number of aromatic nitrogens is 2. The molecule has 1 aromatic carbocycles. The Kier molecular flexibility index (Phi) is 6.01. The van der Waals surface area contributed by atoms with Crippen molar-refractivity contribution in [1.29, 1.82) is 5.26 Å². The minimum atomic E-state index is -0.653. The monoisotopic (exact) mass is 453 g/mol. The average molecular weight is 455 g/mol. The Morgan fingerprint density at radius 3 is 3.04 bits per heavy atom. The summed E-state index contributed by atoms with van der Waals surface area (Å²) >= 11 is 9.47. The van der Waals surface area contributed by atoms with Gasteiger partial charge in [-0.3, -0.25) is 9.48 Å². The molecule has 1 aliphatic heterocycles. The van der Waals surface area contributed by atoms with Crippen LogP contribution < -0.4 is 11.1 Å². The van der Waals surface area contributed by atoms with Crippen molar-refractivity contribution in [3.8, 4) is 6.07 Å². The van der Waals surface area contributed by atoms with Crippen LogP contribution in [0.5, 0.6) is 0 Å². The SMILES string of the molecule is N#C[C@H]1CCOCC1n1cc(C(N)=O)c(Nc2cc(Cl)c(Br)c(CO)c2)n1. The van der Waals surface area contributed by atoms with Crippen LogP contribution in [-0.2, 0) is 11.3 Å². The number of carbonyl (C=O) groups is 1. The zero-order chi connectivity index (χ0) is 19.6. The van der Waals surface area contributed by atoms with Gasteiger partial charge in [0.1, 0.15) is 5.56 Å². The molecule has 0 spiro atoms. The highest BCUT2D eigenvalue weighted by atomic mass is 79.9. The number of primary amides is 1. The van der Waals surface area contributed by atoms with Crippen molar-refractivity contribution >= 4 is 44.9 Å². The van der Waals surface area contributed by atoms with Crippen LogP contribution in [0.2, 0.25) is 5.02 Å². The van der Waals surface area contributed by atoms with Crippen molar-refractivity contribution in [3.05, 3.63) is 39.0 Å². The summed E-state index contributed by atoms with van der Waals surface area (Å²) in [5.74, 6) is -0.679. The van der Waals surface area contributed by atoms with E-state index in [2.05, 4.69) is 32.4 Å². The molecule has 1 unspecified atom stereocenters. The number of amides is 1. The maximum Gasteiger partial charge on any atom is 0.254 e. The molecule has 1 aromatic heterocycles. The molecule has 10 heteroatoms. The number of carbonyl (C=O) groups excluding carboxylic acids is 1. The number of nitrogens with one attached hydrogen (secondary N) is 1. The first kappa shape index (κ1) is 19.6. The van der Waals surface area contributed by atoms with Gasteiger partial charge in [-0.15, -0.1) is 0 Å². The predicted molar refractivity (Wildman–Crippen MR) is 103 cm³/mol. The van der Waals surface area contributed by atoms with Crippen molar-refractivity contribution in [2.24, 2.45) is 11.7 Å². The molecule has 1 aliphatic rings. The number of aliphatic hydroxyl groups excluding tert-OH is 1. The summed E-state index contributed by atoms with van der Waals surface area (Å²) < 4.78 is 7.59. The van der Waals surface area contributed by atoms with Crippen LogP contribution in [0, 0.1) is 17.2 Å². The van der Waals surface area contributed by atoms with Crippen molar-refractivity contribution in [2.45, 2.75) is 19.1 Å². The Bertz CT molecular complexity index is 911. The van der Waals surface area contributed by atoms with E-state index in [1.807, 2.05) is 0 Å². The Morgan fingerprint density at radius 1 is 1.59 bits per heavy atom. The molecule has 4 N–H and O–H groups in total. The third-order valence-corrected chi connectivity index (χ3v) is 5.83. The molecule has 0 saturated carbocycles. The van der Waals surface area contributed by atoms with Gasteiger partial charge >= 0.3 is 0 Å². The number of ether oxygens (including phenoxy) is 1.